The van der Waals surface area contributed by atoms with Gasteiger partial charge in [0.15, 0.2) is 5.16 Å². The van der Waals surface area contributed by atoms with E-state index in [-0.39, 0.29) is 11.7 Å². The van der Waals surface area contributed by atoms with Crippen molar-refractivity contribution >= 4 is 40.9 Å². The number of rotatable bonds is 6. The Morgan fingerprint density at radius 1 is 1.22 bits per heavy atom. The highest BCUT2D eigenvalue weighted by molar-refractivity contribution is 7.99. The number of primary amides is 1. The normalized spacial score (nSPS) is 10.6. The van der Waals surface area contributed by atoms with Crippen molar-refractivity contribution < 1.29 is 9.59 Å². The maximum atomic E-state index is 12.2. The molecule has 0 aliphatic rings. The number of nitrogens with zero attached hydrogens (tertiary/aromatic N) is 2. The first-order valence-electron chi connectivity index (χ1n) is 8.07. The van der Waals surface area contributed by atoms with Gasteiger partial charge in [0.1, 0.15) is 0 Å². The molecule has 0 saturated heterocycles. The fourth-order valence-corrected chi connectivity index (χ4v) is 3.42. The standard InChI is InChI=1S/C19H17ClN4O2S/c1-12-15(20)3-2-4-16(12)24-10-9-22-19(24)27-11-17(25)23-14-7-5-13(6-8-14)18(21)26/h2-10H,11H2,1H3,(H2,21,26)(H,23,25). The zero-order valence-electron chi connectivity index (χ0n) is 14.5. The van der Waals surface area contributed by atoms with Crippen molar-refractivity contribution in [3.05, 3.63) is 71.0 Å². The molecule has 0 spiro atoms. The molecule has 3 N–H and O–H groups in total. The molecule has 0 aliphatic heterocycles. The largest absolute Gasteiger partial charge is 0.366 e. The SMILES string of the molecule is Cc1c(Cl)cccc1-n1ccnc1SCC(=O)Nc1ccc(C(N)=O)cc1. The van der Waals surface area contributed by atoms with Crippen molar-refractivity contribution in [1.29, 1.82) is 0 Å². The van der Waals surface area contributed by atoms with Gasteiger partial charge in [-0.25, -0.2) is 4.98 Å². The number of carbonyl (C=O) groups is 2. The molecule has 6 nitrogen and oxygen atoms in total. The molecule has 3 aromatic rings. The van der Waals surface area contributed by atoms with Crippen LogP contribution in [0, 0.1) is 6.92 Å². The molecule has 138 valence electrons. The third-order valence-corrected chi connectivity index (χ3v) is 5.27. The zero-order chi connectivity index (χ0) is 19.4. The molecule has 0 unspecified atom stereocenters. The van der Waals surface area contributed by atoms with E-state index in [1.54, 1.807) is 30.5 Å². The molecule has 8 heteroatoms. The molecule has 0 atom stereocenters. The number of carbonyl (C=O) groups excluding carboxylic acids is 2. The number of nitrogens with two attached hydrogens (primary N) is 1. The van der Waals surface area contributed by atoms with Gasteiger partial charge in [0.25, 0.3) is 0 Å². The molecule has 0 aliphatic carbocycles. The Bertz CT molecular complexity index is 986. The summed E-state index contributed by atoms with van der Waals surface area (Å²) >= 11 is 7.52. The van der Waals surface area contributed by atoms with Crippen LogP contribution in [0.4, 0.5) is 5.69 Å². The van der Waals surface area contributed by atoms with Gasteiger partial charge < -0.3 is 11.1 Å². The second-order valence-electron chi connectivity index (χ2n) is 5.74. The highest BCUT2D eigenvalue weighted by Crippen LogP contribution is 2.26. The van der Waals surface area contributed by atoms with Crippen LogP contribution in [0.2, 0.25) is 5.02 Å². The van der Waals surface area contributed by atoms with Crippen LogP contribution in [0.15, 0.2) is 60.0 Å². The maximum Gasteiger partial charge on any atom is 0.248 e. The number of amides is 2. The third-order valence-electron chi connectivity index (χ3n) is 3.89. The average molecular weight is 401 g/mol. The number of nitrogens with one attached hydrogen (secondary N) is 1. The minimum atomic E-state index is -0.508. The van der Waals surface area contributed by atoms with Crippen LogP contribution >= 0.6 is 23.4 Å². The molecule has 0 bridgehead atoms. The van der Waals surface area contributed by atoms with Crippen LogP contribution in [0.1, 0.15) is 15.9 Å². The van der Waals surface area contributed by atoms with E-state index in [1.165, 1.54) is 11.8 Å². The lowest BCUT2D eigenvalue weighted by Crippen LogP contribution is -2.15. The van der Waals surface area contributed by atoms with Crippen molar-refractivity contribution in [3.8, 4) is 5.69 Å². The molecule has 0 saturated carbocycles. The summed E-state index contributed by atoms with van der Waals surface area (Å²) in [5, 5.41) is 4.15. The third kappa shape index (κ3) is 4.50. The summed E-state index contributed by atoms with van der Waals surface area (Å²) in [5.74, 6) is -0.496. The first-order valence-corrected chi connectivity index (χ1v) is 9.43. The summed E-state index contributed by atoms with van der Waals surface area (Å²) in [5.41, 5.74) is 8.05. The van der Waals surface area contributed by atoms with Gasteiger partial charge in [-0.2, -0.15) is 0 Å². The van der Waals surface area contributed by atoms with E-state index in [2.05, 4.69) is 10.3 Å². The molecule has 2 aromatic carbocycles. The summed E-state index contributed by atoms with van der Waals surface area (Å²) in [6, 6.07) is 12.1. The monoisotopic (exact) mass is 400 g/mol. The Labute approximate surface area is 165 Å². The molecular weight excluding hydrogens is 384 g/mol. The van der Waals surface area contributed by atoms with Crippen molar-refractivity contribution in [2.75, 3.05) is 11.1 Å². The predicted molar refractivity (Wildman–Crippen MR) is 108 cm³/mol. The highest BCUT2D eigenvalue weighted by Gasteiger charge is 2.12. The molecule has 2 amide bonds. The lowest BCUT2D eigenvalue weighted by atomic mass is 10.2. The van der Waals surface area contributed by atoms with Crippen LogP contribution in [0.5, 0.6) is 0 Å². The quantitative estimate of drug-likeness (QED) is 0.618. The molecular formula is C19H17ClN4O2S. The number of imidazole rings is 1. The number of benzene rings is 2. The molecule has 27 heavy (non-hydrogen) atoms. The number of hydrogen-bond donors (Lipinski definition) is 2. The number of aromatic nitrogens is 2. The van der Waals surface area contributed by atoms with Gasteiger partial charge in [-0.15, -0.1) is 0 Å². The van der Waals surface area contributed by atoms with E-state index in [9.17, 15) is 9.59 Å². The molecule has 0 radical (unpaired) electrons. The second kappa shape index (κ2) is 8.28. The van der Waals surface area contributed by atoms with Crippen molar-refractivity contribution in [2.45, 2.75) is 12.1 Å². The Morgan fingerprint density at radius 2 is 1.96 bits per heavy atom. The first-order chi connectivity index (χ1) is 13.0. The predicted octanol–water partition coefficient (Wildman–Crippen LogP) is 3.66. The van der Waals surface area contributed by atoms with Gasteiger partial charge in [-0.3, -0.25) is 14.2 Å². The van der Waals surface area contributed by atoms with Gasteiger partial charge in [0, 0.05) is 28.7 Å². The van der Waals surface area contributed by atoms with Gasteiger partial charge in [0.2, 0.25) is 11.8 Å². The number of thioether (sulfide) groups is 1. The summed E-state index contributed by atoms with van der Waals surface area (Å²) in [6.07, 6.45) is 3.52. The van der Waals surface area contributed by atoms with Crippen LogP contribution in [0.25, 0.3) is 5.69 Å². The number of hydrogen-bond acceptors (Lipinski definition) is 4. The van der Waals surface area contributed by atoms with E-state index in [0.29, 0.717) is 21.4 Å². The van der Waals surface area contributed by atoms with Crippen molar-refractivity contribution in [3.63, 3.8) is 0 Å². The van der Waals surface area contributed by atoms with E-state index < -0.39 is 5.91 Å². The molecule has 1 heterocycles. The van der Waals surface area contributed by atoms with Crippen LogP contribution in [0.3, 0.4) is 0 Å². The lowest BCUT2D eigenvalue weighted by Gasteiger charge is -2.11. The van der Waals surface area contributed by atoms with Crippen molar-refractivity contribution in [2.24, 2.45) is 5.73 Å². The van der Waals surface area contributed by atoms with E-state index >= 15 is 0 Å². The molecule has 3 rings (SSSR count). The van der Waals surface area contributed by atoms with Gasteiger partial charge in [-0.1, -0.05) is 29.4 Å². The smallest absolute Gasteiger partial charge is 0.248 e. The lowest BCUT2D eigenvalue weighted by molar-refractivity contribution is -0.113. The van der Waals surface area contributed by atoms with Crippen LogP contribution in [-0.2, 0) is 4.79 Å². The summed E-state index contributed by atoms with van der Waals surface area (Å²) in [7, 11) is 0. The summed E-state index contributed by atoms with van der Waals surface area (Å²) in [4.78, 5) is 27.6. The Balaban J connectivity index is 1.65. The van der Waals surface area contributed by atoms with E-state index in [0.717, 1.165) is 11.3 Å². The molecule has 0 fully saturated rings. The van der Waals surface area contributed by atoms with Crippen LogP contribution in [-0.4, -0.2) is 27.1 Å². The topological polar surface area (TPSA) is 90.0 Å². The fourth-order valence-electron chi connectivity index (χ4n) is 2.48. The summed E-state index contributed by atoms with van der Waals surface area (Å²) in [6.45, 7) is 1.94. The van der Waals surface area contributed by atoms with Crippen molar-refractivity contribution in [1.82, 2.24) is 9.55 Å². The van der Waals surface area contributed by atoms with E-state index in [1.807, 2.05) is 35.9 Å². The summed E-state index contributed by atoms with van der Waals surface area (Å²) < 4.78 is 1.90. The Morgan fingerprint density at radius 3 is 2.67 bits per heavy atom. The zero-order valence-corrected chi connectivity index (χ0v) is 16.1. The second-order valence-corrected chi connectivity index (χ2v) is 7.09. The minimum absolute atomic E-state index is 0.177. The van der Waals surface area contributed by atoms with Crippen LogP contribution < -0.4 is 11.1 Å². The Hall–Kier alpha value is -2.77. The van der Waals surface area contributed by atoms with E-state index in [4.69, 9.17) is 17.3 Å². The molecule has 1 aromatic heterocycles. The first kappa shape index (κ1) is 19.0. The fraction of sp³-hybridized carbons (Fsp3) is 0.105. The van der Waals surface area contributed by atoms with Gasteiger partial charge in [-0.05, 0) is 48.9 Å². The number of halogens is 1. The number of anilines is 1. The average Bonchev–Trinajstić information content (AvgIpc) is 3.11. The maximum absolute atomic E-state index is 12.2. The van der Waals surface area contributed by atoms with Gasteiger partial charge >= 0.3 is 0 Å². The Kier molecular flexibility index (Phi) is 5.83. The minimum Gasteiger partial charge on any atom is -0.366 e. The van der Waals surface area contributed by atoms with Gasteiger partial charge in [0.05, 0.1) is 11.4 Å². The highest BCUT2D eigenvalue weighted by atomic mass is 35.5.